The minimum absolute atomic E-state index is 0.515. The van der Waals surface area contributed by atoms with Gasteiger partial charge in [0.1, 0.15) is 0 Å². The van der Waals surface area contributed by atoms with Gasteiger partial charge in [-0.1, -0.05) is 54.5 Å². The molecule has 0 bridgehead atoms. The molecule has 0 aliphatic carbocycles. The van der Waals surface area contributed by atoms with Gasteiger partial charge < -0.3 is 0 Å². The van der Waals surface area contributed by atoms with Crippen LogP contribution in [0.25, 0.3) is 6.08 Å². The average Bonchev–Trinajstić information content (AvgIpc) is 2.57. The van der Waals surface area contributed by atoms with Crippen molar-refractivity contribution >= 4 is 6.08 Å². The molecule has 1 fully saturated rings. The van der Waals surface area contributed by atoms with Crippen LogP contribution in [0.5, 0.6) is 0 Å². The Hall–Kier alpha value is -1.93. The molecule has 1 saturated heterocycles. The molecule has 2 heterocycles. The van der Waals surface area contributed by atoms with Crippen LogP contribution in [0.4, 0.5) is 0 Å². The monoisotopic (exact) mass is 292 g/mol. The van der Waals surface area contributed by atoms with E-state index in [4.69, 9.17) is 0 Å². The van der Waals surface area contributed by atoms with Crippen molar-refractivity contribution in [3.8, 4) is 0 Å². The molecule has 22 heavy (non-hydrogen) atoms. The Morgan fingerprint density at radius 1 is 1.18 bits per heavy atom. The maximum atomic E-state index is 4.30. The van der Waals surface area contributed by atoms with E-state index in [0.717, 1.165) is 6.54 Å². The molecule has 3 rings (SSSR count). The summed E-state index contributed by atoms with van der Waals surface area (Å²) in [5.74, 6) is 0. The predicted octanol–water partition coefficient (Wildman–Crippen LogP) is 4.71. The minimum atomic E-state index is 0.515. The lowest BCUT2D eigenvalue weighted by molar-refractivity contribution is 0.162. The van der Waals surface area contributed by atoms with Crippen LogP contribution in [-0.2, 0) is 0 Å². The molecule has 1 aliphatic rings. The van der Waals surface area contributed by atoms with E-state index in [1.165, 1.54) is 42.5 Å². The Balaban J connectivity index is 1.73. The summed E-state index contributed by atoms with van der Waals surface area (Å²) in [6.07, 6.45) is 10.0. The number of benzene rings is 1. The number of likely N-dealkylation sites (tertiary alicyclic amines) is 1. The molecule has 0 spiro atoms. The molecule has 2 aromatic rings. The van der Waals surface area contributed by atoms with Crippen LogP contribution >= 0.6 is 0 Å². The van der Waals surface area contributed by atoms with Crippen molar-refractivity contribution in [2.45, 2.75) is 32.2 Å². The topological polar surface area (TPSA) is 16.1 Å². The second-order valence-electron chi connectivity index (χ2n) is 6.17. The first-order valence-corrected chi connectivity index (χ1v) is 8.19. The molecule has 1 unspecified atom stereocenters. The molecule has 0 amide bonds. The first-order valence-electron chi connectivity index (χ1n) is 8.19. The van der Waals surface area contributed by atoms with E-state index in [-0.39, 0.29) is 0 Å². The van der Waals surface area contributed by atoms with Crippen LogP contribution in [0.15, 0.2) is 60.4 Å². The molecule has 114 valence electrons. The number of rotatable bonds is 4. The minimum Gasteiger partial charge on any atom is -0.292 e. The number of piperidine rings is 1. The molecule has 1 aromatic carbocycles. The van der Waals surface area contributed by atoms with E-state index in [9.17, 15) is 0 Å². The third kappa shape index (κ3) is 3.83. The molecule has 0 saturated carbocycles. The Kier molecular flexibility index (Phi) is 5.02. The van der Waals surface area contributed by atoms with Crippen LogP contribution in [0, 0.1) is 0 Å². The third-order valence-electron chi connectivity index (χ3n) is 4.35. The Labute approximate surface area is 133 Å². The zero-order chi connectivity index (χ0) is 15.2. The lowest BCUT2D eigenvalue weighted by Crippen LogP contribution is -2.34. The van der Waals surface area contributed by atoms with Crippen molar-refractivity contribution in [2.24, 2.45) is 0 Å². The number of hydrogen-bond donors (Lipinski definition) is 0. The largest absolute Gasteiger partial charge is 0.292 e. The lowest BCUT2D eigenvalue weighted by atomic mass is 9.95. The fraction of sp³-hybridized carbons (Fsp3) is 0.350. The van der Waals surface area contributed by atoms with Gasteiger partial charge in [0.05, 0.1) is 0 Å². The molecule has 0 radical (unpaired) electrons. The Bertz CT molecular complexity index is 604. The maximum absolute atomic E-state index is 4.30. The van der Waals surface area contributed by atoms with Crippen molar-refractivity contribution in [3.63, 3.8) is 0 Å². The molecule has 0 N–H and O–H groups in total. The summed E-state index contributed by atoms with van der Waals surface area (Å²) in [5, 5.41) is 0. The molecular weight excluding hydrogens is 268 g/mol. The SMILES string of the molecule is C/C(=C\c1ccccc1)CN1CCCCC1c1cccnc1. The van der Waals surface area contributed by atoms with Crippen molar-refractivity contribution < 1.29 is 0 Å². The van der Waals surface area contributed by atoms with Gasteiger partial charge in [0.15, 0.2) is 0 Å². The molecule has 2 nitrogen and oxygen atoms in total. The Morgan fingerprint density at radius 2 is 2.05 bits per heavy atom. The highest BCUT2D eigenvalue weighted by Gasteiger charge is 2.23. The number of pyridine rings is 1. The van der Waals surface area contributed by atoms with E-state index in [1.807, 2.05) is 12.4 Å². The zero-order valence-corrected chi connectivity index (χ0v) is 13.3. The summed E-state index contributed by atoms with van der Waals surface area (Å²) in [4.78, 5) is 6.91. The highest BCUT2D eigenvalue weighted by molar-refractivity contribution is 5.52. The fourth-order valence-corrected chi connectivity index (χ4v) is 3.33. The van der Waals surface area contributed by atoms with E-state index >= 15 is 0 Å². The molecule has 1 atom stereocenters. The summed E-state index contributed by atoms with van der Waals surface area (Å²) in [6, 6.07) is 15.4. The standard InChI is InChI=1S/C20H24N2/c1-17(14-18-8-3-2-4-9-18)16-22-13-6-5-11-20(22)19-10-7-12-21-15-19/h2-4,7-10,12,14-15,20H,5-6,11,13,16H2,1H3/b17-14+. The predicted molar refractivity (Wildman–Crippen MR) is 92.5 cm³/mol. The molecular formula is C20H24N2. The lowest BCUT2D eigenvalue weighted by Gasteiger charge is -2.36. The van der Waals surface area contributed by atoms with Gasteiger partial charge in [0.25, 0.3) is 0 Å². The summed E-state index contributed by atoms with van der Waals surface area (Å²) in [7, 11) is 0. The molecule has 1 aromatic heterocycles. The zero-order valence-electron chi connectivity index (χ0n) is 13.3. The molecule has 1 aliphatic heterocycles. The average molecular weight is 292 g/mol. The van der Waals surface area contributed by atoms with E-state index in [2.05, 4.69) is 65.3 Å². The van der Waals surface area contributed by atoms with E-state index in [1.54, 1.807) is 0 Å². The summed E-state index contributed by atoms with van der Waals surface area (Å²) in [6.45, 7) is 4.45. The second kappa shape index (κ2) is 7.37. The van der Waals surface area contributed by atoms with Gasteiger partial charge in [-0.2, -0.15) is 0 Å². The summed E-state index contributed by atoms with van der Waals surface area (Å²) < 4.78 is 0. The van der Waals surface area contributed by atoms with Crippen LogP contribution in [0.1, 0.15) is 43.4 Å². The summed E-state index contributed by atoms with van der Waals surface area (Å²) in [5.41, 5.74) is 4.06. The smallest absolute Gasteiger partial charge is 0.0366 e. The van der Waals surface area contributed by atoms with Gasteiger partial charge in [0.2, 0.25) is 0 Å². The van der Waals surface area contributed by atoms with Crippen molar-refractivity contribution in [1.82, 2.24) is 9.88 Å². The second-order valence-corrected chi connectivity index (χ2v) is 6.17. The van der Waals surface area contributed by atoms with Crippen molar-refractivity contribution in [3.05, 3.63) is 71.6 Å². The normalized spacial score (nSPS) is 20.0. The fourth-order valence-electron chi connectivity index (χ4n) is 3.33. The quantitative estimate of drug-likeness (QED) is 0.811. The van der Waals surface area contributed by atoms with Crippen LogP contribution < -0.4 is 0 Å². The first kappa shape index (κ1) is 15.0. The van der Waals surface area contributed by atoms with Crippen LogP contribution in [0.2, 0.25) is 0 Å². The number of nitrogens with zero attached hydrogens (tertiary/aromatic N) is 2. The number of aromatic nitrogens is 1. The Morgan fingerprint density at radius 3 is 2.82 bits per heavy atom. The van der Waals surface area contributed by atoms with Crippen LogP contribution in [-0.4, -0.2) is 23.0 Å². The van der Waals surface area contributed by atoms with Gasteiger partial charge >= 0.3 is 0 Å². The van der Waals surface area contributed by atoms with Gasteiger partial charge in [-0.25, -0.2) is 0 Å². The van der Waals surface area contributed by atoms with Gasteiger partial charge in [0, 0.05) is 25.0 Å². The van der Waals surface area contributed by atoms with E-state index < -0.39 is 0 Å². The van der Waals surface area contributed by atoms with Gasteiger partial charge in [-0.15, -0.1) is 0 Å². The maximum Gasteiger partial charge on any atom is 0.0366 e. The van der Waals surface area contributed by atoms with Crippen molar-refractivity contribution in [1.29, 1.82) is 0 Å². The van der Waals surface area contributed by atoms with Crippen molar-refractivity contribution in [2.75, 3.05) is 13.1 Å². The first-order chi connectivity index (χ1) is 10.8. The third-order valence-corrected chi connectivity index (χ3v) is 4.35. The van der Waals surface area contributed by atoms with Gasteiger partial charge in [-0.05, 0) is 43.5 Å². The highest BCUT2D eigenvalue weighted by Crippen LogP contribution is 2.31. The van der Waals surface area contributed by atoms with Crippen LogP contribution in [0.3, 0.4) is 0 Å². The summed E-state index contributed by atoms with van der Waals surface area (Å²) >= 11 is 0. The highest BCUT2D eigenvalue weighted by atomic mass is 15.2. The van der Waals surface area contributed by atoms with E-state index in [0.29, 0.717) is 6.04 Å². The van der Waals surface area contributed by atoms with Gasteiger partial charge in [-0.3, -0.25) is 9.88 Å². The molecule has 2 heteroatoms. The number of hydrogen-bond acceptors (Lipinski definition) is 2.